The number of pyridine rings is 1. The number of aromatic amines is 1. The second kappa shape index (κ2) is 4.26. The molecule has 0 aliphatic carbocycles. The lowest BCUT2D eigenvalue weighted by atomic mass is 9.98. The van der Waals surface area contributed by atoms with Crippen LogP contribution in [0.3, 0.4) is 0 Å². The van der Waals surface area contributed by atoms with E-state index in [-0.39, 0.29) is 0 Å². The van der Waals surface area contributed by atoms with Gasteiger partial charge in [-0.1, -0.05) is 6.42 Å². The van der Waals surface area contributed by atoms with E-state index in [1.807, 2.05) is 12.4 Å². The molecule has 1 aliphatic heterocycles. The van der Waals surface area contributed by atoms with E-state index in [4.69, 9.17) is 0 Å². The molecule has 16 heavy (non-hydrogen) atoms. The Kier molecular flexibility index (Phi) is 2.62. The van der Waals surface area contributed by atoms with Crippen LogP contribution in [0.4, 0.5) is 0 Å². The summed E-state index contributed by atoms with van der Waals surface area (Å²) < 4.78 is 0. The molecule has 2 aromatic rings. The number of hydrogen-bond acceptors (Lipinski definition) is 2. The Morgan fingerprint density at radius 1 is 1.38 bits per heavy atom. The molecule has 1 saturated heterocycles. The Labute approximate surface area is 95.3 Å². The predicted octanol–water partition coefficient (Wildman–Crippen LogP) is 2.25. The number of H-pyrrole nitrogens is 1. The van der Waals surface area contributed by atoms with E-state index in [0.29, 0.717) is 6.04 Å². The van der Waals surface area contributed by atoms with Gasteiger partial charge in [-0.15, -0.1) is 0 Å². The van der Waals surface area contributed by atoms with Gasteiger partial charge in [0.15, 0.2) is 0 Å². The molecule has 3 heterocycles. The standard InChI is InChI=1S/C13H17N3/c1-2-5-15-11(3-1)7-10-8-16-13-9-14-6-4-12(10)13/h4,6,8-9,11,15-16H,1-3,5,7H2. The summed E-state index contributed by atoms with van der Waals surface area (Å²) in [7, 11) is 0. The first-order valence-electron chi connectivity index (χ1n) is 6.07. The zero-order valence-electron chi connectivity index (χ0n) is 9.37. The molecule has 3 nitrogen and oxygen atoms in total. The highest BCUT2D eigenvalue weighted by Crippen LogP contribution is 2.20. The number of rotatable bonds is 2. The quantitative estimate of drug-likeness (QED) is 0.806. The number of hydrogen-bond donors (Lipinski definition) is 2. The fourth-order valence-electron chi connectivity index (χ4n) is 2.56. The van der Waals surface area contributed by atoms with Crippen LogP contribution in [0.2, 0.25) is 0 Å². The third-order valence-electron chi connectivity index (χ3n) is 3.45. The van der Waals surface area contributed by atoms with Gasteiger partial charge < -0.3 is 10.3 Å². The van der Waals surface area contributed by atoms with Crippen molar-refractivity contribution in [3.63, 3.8) is 0 Å². The summed E-state index contributed by atoms with van der Waals surface area (Å²) in [5.41, 5.74) is 2.56. The molecule has 0 aromatic carbocycles. The fraction of sp³-hybridized carbons (Fsp3) is 0.462. The summed E-state index contributed by atoms with van der Waals surface area (Å²) >= 11 is 0. The van der Waals surface area contributed by atoms with Gasteiger partial charge in [-0.05, 0) is 37.4 Å². The molecule has 2 aromatic heterocycles. The van der Waals surface area contributed by atoms with E-state index in [2.05, 4.69) is 27.5 Å². The Hall–Kier alpha value is -1.35. The highest BCUT2D eigenvalue weighted by molar-refractivity contribution is 5.82. The monoisotopic (exact) mass is 215 g/mol. The number of nitrogens with zero attached hydrogens (tertiary/aromatic N) is 1. The van der Waals surface area contributed by atoms with Gasteiger partial charge in [0.1, 0.15) is 0 Å². The van der Waals surface area contributed by atoms with Crippen molar-refractivity contribution in [2.45, 2.75) is 31.7 Å². The van der Waals surface area contributed by atoms with Crippen LogP contribution in [0.5, 0.6) is 0 Å². The SMILES string of the molecule is c1cc2c(CC3CCCCN3)c[nH]c2cn1. The van der Waals surface area contributed by atoms with Gasteiger partial charge in [0, 0.05) is 23.8 Å². The molecular formula is C13H17N3. The van der Waals surface area contributed by atoms with Crippen LogP contribution < -0.4 is 5.32 Å². The van der Waals surface area contributed by atoms with E-state index in [9.17, 15) is 0 Å². The third-order valence-corrected chi connectivity index (χ3v) is 3.45. The largest absolute Gasteiger partial charge is 0.360 e. The highest BCUT2D eigenvalue weighted by Gasteiger charge is 2.14. The molecule has 0 amide bonds. The van der Waals surface area contributed by atoms with Crippen molar-refractivity contribution in [3.05, 3.63) is 30.2 Å². The second-order valence-corrected chi connectivity index (χ2v) is 4.59. The minimum absolute atomic E-state index is 0.654. The van der Waals surface area contributed by atoms with Crippen LogP contribution in [0.15, 0.2) is 24.7 Å². The molecule has 84 valence electrons. The van der Waals surface area contributed by atoms with E-state index in [1.165, 1.54) is 36.8 Å². The first-order chi connectivity index (χ1) is 7.93. The van der Waals surface area contributed by atoms with Crippen LogP contribution in [0.25, 0.3) is 10.9 Å². The highest BCUT2D eigenvalue weighted by atomic mass is 14.9. The molecule has 1 unspecified atom stereocenters. The molecule has 0 bridgehead atoms. The summed E-state index contributed by atoms with van der Waals surface area (Å²) in [5, 5.41) is 4.91. The average molecular weight is 215 g/mol. The fourth-order valence-corrected chi connectivity index (χ4v) is 2.56. The lowest BCUT2D eigenvalue weighted by molar-refractivity contribution is 0.400. The molecule has 0 spiro atoms. The topological polar surface area (TPSA) is 40.7 Å². The molecular weight excluding hydrogens is 198 g/mol. The molecule has 1 fully saturated rings. The molecule has 3 rings (SSSR count). The van der Waals surface area contributed by atoms with Crippen molar-refractivity contribution in [1.82, 2.24) is 15.3 Å². The Bertz CT molecular complexity index is 469. The Morgan fingerprint density at radius 3 is 3.25 bits per heavy atom. The molecule has 0 radical (unpaired) electrons. The van der Waals surface area contributed by atoms with Gasteiger partial charge in [0.05, 0.1) is 11.7 Å². The normalized spacial score (nSPS) is 21.4. The third kappa shape index (κ3) is 1.83. The van der Waals surface area contributed by atoms with Gasteiger partial charge in [-0.3, -0.25) is 4.98 Å². The van der Waals surface area contributed by atoms with E-state index >= 15 is 0 Å². The second-order valence-electron chi connectivity index (χ2n) is 4.59. The molecule has 1 aliphatic rings. The Morgan fingerprint density at radius 2 is 2.38 bits per heavy atom. The zero-order chi connectivity index (χ0) is 10.8. The summed E-state index contributed by atoms with van der Waals surface area (Å²) in [5.74, 6) is 0. The number of fused-ring (bicyclic) bond motifs is 1. The van der Waals surface area contributed by atoms with Gasteiger partial charge >= 0.3 is 0 Å². The zero-order valence-corrected chi connectivity index (χ0v) is 9.37. The minimum Gasteiger partial charge on any atom is -0.360 e. The molecule has 1 atom stereocenters. The Balaban J connectivity index is 1.83. The minimum atomic E-state index is 0.654. The number of piperidine rings is 1. The van der Waals surface area contributed by atoms with E-state index in [1.54, 1.807) is 0 Å². The maximum absolute atomic E-state index is 4.13. The van der Waals surface area contributed by atoms with E-state index in [0.717, 1.165) is 11.9 Å². The summed E-state index contributed by atoms with van der Waals surface area (Å²) in [6.45, 7) is 1.18. The van der Waals surface area contributed by atoms with Crippen LogP contribution in [-0.4, -0.2) is 22.6 Å². The lowest BCUT2D eigenvalue weighted by Crippen LogP contribution is -2.35. The van der Waals surface area contributed by atoms with Gasteiger partial charge in [0.25, 0.3) is 0 Å². The van der Waals surface area contributed by atoms with Crippen molar-refractivity contribution in [2.75, 3.05) is 6.54 Å². The molecule has 0 saturated carbocycles. The number of aromatic nitrogens is 2. The first kappa shape index (κ1) is 9.85. The average Bonchev–Trinajstić information content (AvgIpc) is 2.74. The van der Waals surface area contributed by atoms with Crippen molar-refractivity contribution >= 4 is 10.9 Å². The maximum Gasteiger partial charge on any atom is 0.0643 e. The maximum atomic E-state index is 4.13. The van der Waals surface area contributed by atoms with Crippen LogP contribution in [0, 0.1) is 0 Å². The van der Waals surface area contributed by atoms with Crippen molar-refractivity contribution in [2.24, 2.45) is 0 Å². The van der Waals surface area contributed by atoms with Gasteiger partial charge in [0.2, 0.25) is 0 Å². The van der Waals surface area contributed by atoms with Crippen molar-refractivity contribution in [3.8, 4) is 0 Å². The van der Waals surface area contributed by atoms with Crippen LogP contribution in [-0.2, 0) is 6.42 Å². The smallest absolute Gasteiger partial charge is 0.0643 e. The van der Waals surface area contributed by atoms with Crippen molar-refractivity contribution < 1.29 is 0 Å². The van der Waals surface area contributed by atoms with Crippen molar-refractivity contribution in [1.29, 1.82) is 0 Å². The van der Waals surface area contributed by atoms with Crippen LogP contribution >= 0.6 is 0 Å². The van der Waals surface area contributed by atoms with Crippen LogP contribution in [0.1, 0.15) is 24.8 Å². The summed E-state index contributed by atoms with van der Waals surface area (Å²) in [6.07, 6.45) is 11.0. The van der Waals surface area contributed by atoms with Gasteiger partial charge in [-0.2, -0.15) is 0 Å². The molecule has 3 heteroatoms. The predicted molar refractivity (Wildman–Crippen MR) is 65.4 cm³/mol. The van der Waals surface area contributed by atoms with E-state index < -0.39 is 0 Å². The summed E-state index contributed by atoms with van der Waals surface area (Å²) in [4.78, 5) is 7.41. The first-order valence-corrected chi connectivity index (χ1v) is 6.07. The number of nitrogens with one attached hydrogen (secondary N) is 2. The summed E-state index contributed by atoms with van der Waals surface area (Å²) in [6, 6.07) is 2.75. The lowest BCUT2D eigenvalue weighted by Gasteiger charge is -2.23. The molecule has 2 N–H and O–H groups in total. The van der Waals surface area contributed by atoms with Gasteiger partial charge in [-0.25, -0.2) is 0 Å².